The lowest BCUT2D eigenvalue weighted by molar-refractivity contribution is -0.161. The second-order valence-corrected chi connectivity index (χ2v) is 19.7. The molecule has 2 unspecified atom stereocenters. The van der Waals surface area contributed by atoms with Crippen molar-refractivity contribution >= 4 is 27.6 Å². The Balaban J connectivity index is 4.58. The van der Waals surface area contributed by atoms with Gasteiger partial charge in [0.05, 0.1) is 25.9 Å². The fraction of sp³-hybridized carbons (Fsp3) is 0.720. The maximum absolute atomic E-state index is 12.7. The Morgan fingerprint density at radius 1 is 0.545 bits per heavy atom. The summed E-state index contributed by atoms with van der Waals surface area (Å²) < 4.78 is 47.8. The van der Waals surface area contributed by atoms with E-state index in [1.165, 1.54) is 83.5 Å². The van der Waals surface area contributed by atoms with Crippen LogP contribution in [0.5, 0.6) is 0 Å². The number of aliphatic hydroxyl groups excluding tert-OH is 2. The summed E-state index contributed by atoms with van der Waals surface area (Å²) >= 11 is 0. The molecule has 382 valence electrons. The van der Waals surface area contributed by atoms with Crippen LogP contribution in [0, 0.1) is 5.92 Å². The molecule has 0 saturated carbocycles. The van der Waals surface area contributed by atoms with Crippen LogP contribution in [0.3, 0.4) is 0 Å². The zero-order valence-corrected chi connectivity index (χ0v) is 42.3. The molecule has 0 amide bonds. The van der Waals surface area contributed by atoms with Crippen LogP contribution in [0.1, 0.15) is 181 Å². The fourth-order valence-corrected chi connectivity index (χ4v) is 7.56. The van der Waals surface area contributed by atoms with Gasteiger partial charge in [-0.05, 0) is 50.9 Å². The molecule has 0 radical (unpaired) electrons. The van der Waals surface area contributed by atoms with E-state index in [0.717, 1.165) is 44.4 Å². The molecule has 0 spiro atoms. The summed E-state index contributed by atoms with van der Waals surface area (Å²) in [4.78, 5) is 52.8. The number of unbranched alkanes of at least 4 members (excludes halogenated alkanes) is 15. The lowest BCUT2D eigenvalue weighted by Gasteiger charge is -2.20. The third-order valence-corrected chi connectivity index (χ3v) is 11.6. The van der Waals surface area contributed by atoms with Crippen LogP contribution >= 0.6 is 15.6 Å². The monoisotopic (exact) mass is 975 g/mol. The molecule has 0 aromatic heterocycles. The van der Waals surface area contributed by atoms with Gasteiger partial charge in [0.25, 0.3) is 0 Å². The predicted octanol–water partition coefficient (Wildman–Crippen LogP) is 12.2. The molecular formula is C50H88O14P2. The normalized spacial score (nSPS) is 15.0. The minimum atomic E-state index is -4.88. The Labute approximate surface area is 397 Å². The van der Waals surface area contributed by atoms with Gasteiger partial charge in [-0.1, -0.05) is 196 Å². The summed E-state index contributed by atoms with van der Waals surface area (Å²) in [7, 11) is -9.72. The summed E-state index contributed by atoms with van der Waals surface area (Å²) in [5.74, 6) is -0.331. The lowest BCUT2D eigenvalue weighted by atomic mass is 10.0. The summed E-state index contributed by atoms with van der Waals surface area (Å²) in [5, 5.41) is 19.6. The Hall–Kier alpha value is -2.48. The molecular weight excluding hydrogens is 886 g/mol. The van der Waals surface area contributed by atoms with Gasteiger partial charge in [0, 0.05) is 12.8 Å². The summed E-state index contributed by atoms with van der Waals surface area (Å²) in [6.45, 7) is 3.82. The highest BCUT2D eigenvalue weighted by atomic mass is 31.2. The minimum absolute atomic E-state index is 0.0110. The third-order valence-electron chi connectivity index (χ3n) is 10.1. The highest BCUT2D eigenvalue weighted by Gasteiger charge is 2.28. The van der Waals surface area contributed by atoms with Gasteiger partial charge in [-0.2, -0.15) is 0 Å². The number of allylic oxidation sites excluding steroid dienone is 10. The number of carbonyl (C=O) groups excluding carboxylic acids is 2. The van der Waals surface area contributed by atoms with Gasteiger partial charge in [0.15, 0.2) is 6.10 Å². The Bertz CT molecular complexity index is 1470. The number of phosphoric acid groups is 2. The second-order valence-electron chi connectivity index (χ2n) is 17.0. The van der Waals surface area contributed by atoms with Crippen molar-refractivity contribution in [2.45, 2.75) is 200 Å². The number of rotatable bonds is 45. The number of ether oxygens (including phenoxy) is 2. The maximum Gasteiger partial charge on any atom is 0.472 e. The van der Waals surface area contributed by atoms with Gasteiger partial charge < -0.3 is 34.4 Å². The first-order chi connectivity index (χ1) is 31.6. The number of carbonyl (C=O) groups is 2. The van der Waals surface area contributed by atoms with Crippen molar-refractivity contribution in [1.29, 1.82) is 0 Å². The molecule has 0 bridgehead atoms. The van der Waals surface area contributed by atoms with Gasteiger partial charge >= 0.3 is 27.6 Å². The molecule has 14 nitrogen and oxygen atoms in total. The van der Waals surface area contributed by atoms with Crippen molar-refractivity contribution in [3.63, 3.8) is 0 Å². The van der Waals surface area contributed by atoms with Crippen molar-refractivity contribution in [1.82, 2.24) is 0 Å². The molecule has 0 fully saturated rings. The minimum Gasteiger partial charge on any atom is -0.462 e. The standard InChI is InChI=1S/C50H88O14P2/c1-4-5-31-37-46(51)38-33-28-24-20-16-12-10-14-18-22-26-30-35-40-50(54)64-48(44-63-66(58,59)62-42-47(52)41-61-65(55,56)57)43-60-49(53)39-34-29-25-21-17-13-9-7-6-8-11-15-19-23-27-32-36-45(2)3/h5,12,14,16,18,24,26,28,30-31,33,38,45-48,51-52H,4,6-11,13,15,17,19-23,25,27,29,32,34-37,39-44H2,1-3H3,(H,58,59)(H2,55,56,57)/b16-12-,18-14-,28-24+,30-26-,31-5-,38-33+/t46?,47-,48+/m0/s1. The van der Waals surface area contributed by atoms with Crippen LogP contribution in [0.2, 0.25) is 0 Å². The van der Waals surface area contributed by atoms with Crippen LogP contribution in [-0.2, 0) is 41.8 Å². The average Bonchev–Trinajstić information content (AvgIpc) is 3.26. The van der Waals surface area contributed by atoms with Crippen LogP contribution in [0.25, 0.3) is 0 Å². The van der Waals surface area contributed by atoms with E-state index in [1.807, 2.05) is 54.7 Å². The van der Waals surface area contributed by atoms with Crippen LogP contribution < -0.4 is 0 Å². The molecule has 0 aromatic carbocycles. The maximum atomic E-state index is 12.7. The number of hydrogen-bond acceptors (Lipinski definition) is 11. The lowest BCUT2D eigenvalue weighted by Crippen LogP contribution is -2.29. The predicted molar refractivity (Wildman–Crippen MR) is 263 cm³/mol. The topological polar surface area (TPSA) is 216 Å². The summed E-state index contributed by atoms with van der Waals surface area (Å²) in [6, 6.07) is 0. The van der Waals surface area contributed by atoms with Crippen LogP contribution in [0.4, 0.5) is 0 Å². The Kier molecular flexibility index (Phi) is 42.1. The molecule has 16 heteroatoms. The van der Waals surface area contributed by atoms with E-state index < -0.39 is 72.3 Å². The molecule has 0 heterocycles. The third kappa shape index (κ3) is 48.0. The first-order valence-corrected chi connectivity index (χ1v) is 27.6. The number of aliphatic hydroxyl groups is 2. The van der Waals surface area contributed by atoms with E-state index in [2.05, 4.69) is 42.0 Å². The quantitative estimate of drug-likeness (QED) is 0.0126. The smallest absolute Gasteiger partial charge is 0.462 e. The zero-order chi connectivity index (χ0) is 49.0. The van der Waals surface area contributed by atoms with Crippen molar-refractivity contribution in [2.24, 2.45) is 5.92 Å². The second kappa shape index (κ2) is 43.8. The number of hydrogen-bond donors (Lipinski definition) is 5. The van der Waals surface area contributed by atoms with Gasteiger partial charge in [-0.15, -0.1) is 0 Å². The Morgan fingerprint density at radius 2 is 1.05 bits per heavy atom. The fourth-order valence-electron chi connectivity index (χ4n) is 6.41. The van der Waals surface area contributed by atoms with Gasteiger partial charge in [-0.3, -0.25) is 23.2 Å². The van der Waals surface area contributed by atoms with E-state index in [1.54, 1.807) is 6.08 Å². The van der Waals surface area contributed by atoms with Crippen molar-refractivity contribution in [2.75, 3.05) is 26.4 Å². The van der Waals surface area contributed by atoms with E-state index in [9.17, 15) is 33.8 Å². The van der Waals surface area contributed by atoms with Gasteiger partial charge in [-0.25, -0.2) is 9.13 Å². The first-order valence-electron chi connectivity index (χ1n) is 24.6. The Morgan fingerprint density at radius 3 is 1.59 bits per heavy atom. The highest BCUT2D eigenvalue weighted by molar-refractivity contribution is 7.47. The zero-order valence-electron chi connectivity index (χ0n) is 40.5. The summed E-state index contributed by atoms with van der Waals surface area (Å²) in [5.41, 5.74) is 0. The van der Waals surface area contributed by atoms with Crippen molar-refractivity contribution in [3.05, 3.63) is 72.9 Å². The first kappa shape index (κ1) is 63.5. The number of phosphoric ester groups is 2. The largest absolute Gasteiger partial charge is 0.472 e. The average molecular weight is 975 g/mol. The van der Waals surface area contributed by atoms with Crippen molar-refractivity contribution in [3.8, 4) is 0 Å². The molecule has 0 aliphatic carbocycles. The molecule has 0 saturated heterocycles. The molecule has 0 aliphatic rings. The molecule has 4 atom stereocenters. The summed E-state index contributed by atoms with van der Waals surface area (Å²) in [6.07, 6.45) is 45.2. The SMILES string of the molecule is CC/C=C\CC(O)/C=C/C=C/C/C=C\C/C=C\C/C=C\CCC(=O)O[C@H](COC(=O)CCCCCCCCCCCCCCCCCCC(C)C)COP(=O)(O)OC[C@@H](O)COP(=O)(O)O. The van der Waals surface area contributed by atoms with Crippen LogP contribution in [-0.4, -0.2) is 81.6 Å². The molecule has 0 aliphatic heterocycles. The molecule has 0 rings (SSSR count). The van der Waals surface area contributed by atoms with E-state index >= 15 is 0 Å². The van der Waals surface area contributed by atoms with E-state index in [0.29, 0.717) is 25.7 Å². The number of esters is 2. The molecule has 0 aromatic rings. The van der Waals surface area contributed by atoms with Gasteiger partial charge in [0.2, 0.25) is 0 Å². The highest BCUT2D eigenvalue weighted by Crippen LogP contribution is 2.43. The van der Waals surface area contributed by atoms with E-state index in [-0.39, 0.29) is 12.8 Å². The van der Waals surface area contributed by atoms with Crippen LogP contribution in [0.15, 0.2) is 72.9 Å². The van der Waals surface area contributed by atoms with Gasteiger partial charge in [0.1, 0.15) is 12.7 Å². The molecule has 5 N–H and O–H groups in total. The van der Waals surface area contributed by atoms with E-state index in [4.69, 9.17) is 23.8 Å². The molecule has 66 heavy (non-hydrogen) atoms. The van der Waals surface area contributed by atoms with Crippen molar-refractivity contribution < 1.29 is 66.7 Å².